The molecule has 0 radical (unpaired) electrons. The fourth-order valence-corrected chi connectivity index (χ4v) is 2.88. The van der Waals surface area contributed by atoms with E-state index in [1.165, 1.54) is 0 Å². The zero-order valence-corrected chi connectivity index (χ0v) is 17.9. The second kappa shape index (κ2) is 9.34. The van der Waals surface area contributed by atoms with Crippen LogP contribution < -0.4 is 10.6 Å². The van der Waals surface area contributed by atoms with Gasteiger partial charge < -0.3 is 15.4 Å². The van der Waals surface area contributed by atoms with E-state index in [2.05, 4.69) is 20.6 Å². The van der Waals surface area contributed by atoms with Gasteiger partial charge in [0.25, 0.3) is 5.91 Å². The Morgan fingerprint density at radius 2 is 1.61 bits per heavy atom. The molecule has 0 aliphatic carbocycles. The molecule has 0 bridgehead atoms. The van der Waals surface area contributed by atoms with Gasteiger partial charge in [-0.1, -0.05) is 12.1 Å². The van der Waals surface area contributed by atoms with E-state index in [9.17, 15) is 14.4 Å². The molecule has 2 amide bonds. The monoisotopic (exact) mass is 420 g/mol. The molecular formula is C23H24N4O4. The zero-order chi connectivity index (χ0) is 22.5. The van der Waals surface area contributed by atoms with Crippen LogP contribution in [-0.2, 0) is 14.3 Å². The normalized spacial score (nSPS) is 10.6. The summed E-state index contributed by atoms with van der Waals surface area (Å²) in [5.74, 6) is -1.60. The van der Waals surface area contributed by atoms with Crippen LogP contribution in [0.3, 0.4) is 0 Å². The number of hydrogen-bond acceptors (Lipinski definition) is 6. The van der Waals surface area contributed by atoms with Crippen LogP contribution in [0.25, 0.3) is 11.0 Å². The van der Waals surface area contributed by atoms with Gasteiger partial charge in [0.15, 0.2) is 6.61 Å². The van der Waals surface area contributed by atoms with Crippen molar-refractivity contribution in [3.8, 4) is 0 Å². The highest BCUT2D eigenvalue weighted by molar-refractivity contribution is 5.97. The second-order valence-corrected chi connectivity index (χ2v) is 7.25. The Hall–Kier alpha value is -3.81. The Bertz CT molecular complexity index is 1170. The molecule has 2 N–H and O–H groups in total. The van der Waals surface area contributed by atoms with Crippen molar-refractivity contribution in [1.29, 1.82) is 0 Å². The van der Waals surface area contributed by atoms with Crippen LogP contribution in [0.15, 0.2) is 36.4 Å². The smallest absolute Gasteiger partial charge is 0.338 e. The van der Waals surface area contributed by atoms with Crippen LogP contribution in [0, 0.1) is 27.7 Å². The fraction of sp³-hybridized carbons (Fsp3) is 0.261. The van der Waals surface area contributed by atoms with Crippen LogP contribution in [-0.4, -0.2) is 40.9 Å². The number of hydrogen-bond donors (Lipinski definition) is 2. The molecule has 31 heavy (non-hydrogen) atoms. The van der Waals surface area contributed by atoms with Gasteiger partial charge in [-0.3, -0.25) is 9.59 Å². The first-order valence-electron chi connectivity index (χ1n) is 9.79. The van der Waals surface area contributed by atoms with E-state index in [1.54, 1.807) is 24.3 Å². The summed E-state index contributed by atoms with van der Waals surface area (Å²) in [5, 5.41) is 5.18. The molecule has 8 nitrogen and oxygen atoms in total. The number of anilines is 1. The maximum Gasteiger partial charge on any atom is 0.338 e. The third kappa shape index (κ3) is 5.42. The van der Waals surface area contributed by atoms with E-state index in [-0.39, 0.29) is 18.0 Å². The summed E-state index contributed by atoms with van der Waals surface area (Å²) in [5.41, 5.74) is 5.82. The topological polar surface area (TPSA) is 110 Å². The van der Waals surface area contributed by atoms with Gasteiger partial charge in [0.2, 0.25) is 5.91 Å². The molecule has 3 rings (SSSR count). The summed E-state index contributed by atoms with van der Waals surface area (Å²) in [6.07, 6.45) is 0. The minimum atomic E-state index is -0.656. The van der Waals surface area contributed by atoms with Gasteiger partial charge >= 0.3 is 5.97 Å². The molecule has 160 valence electrons. The van der Waals surface area contributed by atoms with E-state index in [4.69, 9.17) is 4.74 Å². The van der Waals surface area contributed by atoms with Crippen molar-refractivity contribution in [3.63, 3.8) is 0 Å². The average Bonchev–Trinajstić information content (AvgIpc) is 2.74. The summed E-state index contributed by atoms with van der Waals surface area (Å²) in [4.78, 5) is 45.1. The van der Waals surface area contributed by atoms with Gasteiger partial charge in [0.1, 0.15) is 0 Å². The molecule has 0 saturated heterocycles. The number of ether oxygens (including phenoxy) is 1. The quantitative estimate of drug-likeness (QED) is 0.594. The Morgan fingerprint density at radius 1 is 0.903 bits per heavy atom. The zero-order valence-electron chi connectivity index (χ0n) is 17.9. The largest absolute Gasteiger partial charge is 0.452 e. The van der Waals surface area contributed by atoms with E-state index in [1.807, 2.05) is 39.8 Å². The van der Waals surface area contributed by atoms with Crippen LogP contribution in [0.4, 0.5) is 5.69 Å². The van der Waals surface area contributed by atoms with Crippen molar-refractivity contribution in [2.24, 2.45) is 0 Å². The van der Waals surface area contributed by atoms with Crippen LogP contribution in [0.1, 0.15) is 32.9 Å². The molecule has 0 saturated carbocycles. The number of rotatable bonds is 6. The van der Waals surface area contributed by atoms with Gasteiger partial charge in [-0.25, -0.2) is 14.8 Å². The summed E-state index contributed by atoms with van der Waals surface area (Å²) in [7, 11) is 0. The first-order chi connectivity index (χ1) is 14.7. The SMILES string of the molecule is Cc1cccc(NC(=O)CNC(=O)COC(=O)c2ccc3nc(C)c(C)nc3c2)c1C. The molecule has 0 aliphatic heterocycles. The highest BCUT2D eigenvalue weighted by atomic mass is 16.5. The predicted molar refractivity (Wildman–Crippen MR) is 117 cm³/mol. The summed E-state index contributed by atoms with van der Waals surface area (Å²) in [6, 6.07) is 10.4. The number of nitrogens with zero attached hydrogens (tertiary/aromatic N) is 2. The first kappa shape index (κ1) is 21.9. The average molecular weight is 420 g/mol. The van der Waals surface area contributed by atoms with Crippen LogP contribution in [0.2, 0.25) is 0 Å². The van der Waals surface area contributed by atoms with E-state index >= 15 is 0 Å². The summed E-state index contributed by atoms with van der Waals surface area (Å²) in [6.45, 7) is 6.84. The molecule has 1 heterocycles. The highest BCUT2D eigenvalue weighted by Gasteiger charge is 2.13. The molecular weight excluding hydrogens is 396 g/mol. The number of nitrogens with one attached hydrogen (secondary N) is 2. The number of carbonyl (C=O) groups is 3. The Kier molecular flexibility index (Phi) is 6.59. The number of aromatic nitrogens is 2. The lowest BCUT2D eigenvalue weighted by atomic mass is 10.1. The van der Waals surface area contributed by atoms with Crippen molar-refractivity contribution in [1.82, 2.24) is 15.3 Å². The van der Waals surface area contributed by atoms with E-state index in [0.29, 0.717) is 16.7 Å². The van der Waals surface area contributed by atoms with Crippen molar-refractivity contribution < 1.29 is 19.1 Å². The number of benzene rings is 2. The lowest BCUT2D eigenvalue weighted by molar-refractivity contribution is -0.126. The Balaban J connectivity index is 1.50. The standard InChI is InChI=1S/C23H24N4O4/c1-13-6-5-7-18(14(13)2)27-21(28)11-24-22(29)12-31-23(30)17-8-9-19-20(10-17)26-16(4)15(3)25-19/h5-10H,11-12H2,1-4H3,(H,24,29)(H,27,28). The molecule has 8 heteroatoms. The first-order valence-corrected chi connectivity index (χ1v) is 9.79. The lowest BCUT2D eigenvalue weighted by Crippen LogP contribution is -2.35. The lowest BCUT2D eigenvalue weighted by Gasteiger charge is -2.11. The minimum Gasteiger partial charge on any atom is -0.452 e. The number of amides is 2. The number of fused-ring (bicyclic) bond motifs is 1. The second-order valence-electron chi connectivity index (χ2n) is 7.25. The maximum atomic E-state index is 12.3. The van der Waals surface area contributed by atoms with Crippen molar-refractivity contribution in [3.05, 3.63) is 64.5 Å². The van der Waals surface area contributed by atoms with E-state index in [0.717, 1.165) is 22.5 Å². The van der Waals surface area contributed by atoms with Gasteiger partial charge in [0, 0.05) is 5.69 Å². The molecule has 0 unspecified atom stereocenters. The molecule has 0 aliphatic rings. The molecule has 0 spiro atoms. The predicted octanol–water partition coefficient (Wildman–Crippen LogP) is 2.78. The minimum absolute atomic E-state index is 0.228. The van der Waals surface area contributed by atoms with Gasteiger partial charge in [0.05, 0.1) is 34.5 Å². The Morgan fingerprint density at radius 3 is 2.35 bits per heavy atom. The highest BCUT2D eigenvalue weighted by Crippen LogP contribution is 2.18. The summed E-state index contributed by atoms with van der Waals surface area (Å²) >= 11 is 0. The van der Waals surface area contributed by atoms with Crippen molar-refractivity contribution >= 4 is 34.5 Å². The number of esters is 1. The third-order valence-corrected chi connectivity index (χ3v) is 4.97. The Labute approximate surface area is 180 Å². The van der Waals surface area contributed by atoms with Gasteiger partial charge in [-0.15, -0.1) is 0 Å². The number of carbonyl (C=O) groups excluding carboxylic acids is 3. The van der Waals surface area contributed by atoms with Crippen LogP contribution in [0.5, 0.6) is 0 Å². The molecule has 2 aromatic carbocycles. The number of aryl methyl sites for hydroxylation is 3. The maximum absolute atomic E-state index is 12.3. The van der Waals surface area contributed by atoms with Gasteiger partial charge in [-0.2, -0.15) is 0 Å². The molecule has 3 aromatic rings. The van der Waals surface area contributed by atoms with Gasteiger partial charge in [-0.05, 0) is 63.1 Å². The summed E-state index contributed by atoms with van der Waals surface area (Å²) < 4.78 is 5.05. The molecule has 1 aromatic heterocycles. The van der Waals surface area contributed by atoms with Crippen molar-refractivity contribution in [2.75, 3.05) is 18.5 Å². The van der Waals surface area contributed by atoms with E-state index < -0.39 is 18.5 Å². The molecule has 0 fully saturated rings. The van der Waals surface area contributed by atoms with Crippen LogP contribution >= 0.6 is 0 Å². The third-order valence-electron chi connectivity index (χ3n) is 4.97. The molecule has 0 atom stereocenters. The van der Waals surface area contributed by atoms with Crippen molar-refractivity contribution in [2.45, 2.75) is 27.7 Å². The fourth-order valence-electron chi connectivity index (χ4n) is 2.88.